The van der Waals surface area contributed by atoms with Crippen molar-refractivity contribution >= 4 is 17.6 Å². The average Bonchev–Trinajstić information content (AvgIpc) is 2.35. The first-order valence-corrected chi connectivity index (χ1v) is 6.69. The zero-order valence-electron chi connectivity index (χ0n) is 11.9. The molecule has 18 heavy (non-hydrogen) atoms. The lowest BCUT2D eigenvalue weighted by molar-refractivity contribution is 0.477. The number of rotatable bonds is 7. The van der Waals surface area contributed by atoms with Crippen LogP contribution in [0.5, 0.6) is 0 Å². The van der Waals surface area contributed by atoms with Crippen molar-refractivity contribution in [2.75, 3.05) is 22.9 Å². The van der Waals surface area contributed by atoms with Gasteiger partial charge in [-0.15, -0.1) is 0 Å². The molecular formula is C13H25N5. The molecule has 0 atom stereocenters. The van der Waals surface area contributed by atoms with Crippen LogP contribution in [0.15, 0.2) is 6.07 Å². The molecule has 5 nitrogen and oxygen atoms in total. The van der Waals surface area contributed by atoms with Gasteiger partial charge in [-0.2, -0.15) is 9.97 Å². The van der Waals surface area contributed by atoms with E-state index in [9.17, 15) is 0 Å². The molecule has 0 fully saturated rings. The van der Waals surface area contributed by atoms with Gasteiger partial charge in [0, 0.05) is 18.2 Å². The predicted molar refractivity (Wildman–Crippen MR) is 77.8 cm³/mol. The SMILES string of the molecule is CCCNc1cc(NC(C)(CC)CC)nc(N)n1. The molecule has 0 amide bonds. The number of nitrogens with one attached hydrogen (secondary N) is 2. The van der Waals surface area contributed by atoms with Gasteiger partial charge < -0.3 is 16.4 Å². The van der Waals surface area contributed by atoms with E-state index in [0.29, 0.717) is 5.95 Å². The van der Waals surface area contributed by atoms with Crippen LogP contribution in [0.25, 0.3) is 0 Å². The van der Waals surface area contributed by atoms with Gasteiger partial charge in [0.15, 0.2) is 0 Å². The Morgan fingerprint density at radius 3 is 2.33 bits per heavy atom. The Balaban J connectivity index is 2.85. The first-order valence-electron chi connectivity index (χ1n) is 6.69. The van der Waals surface area contributed by atoms with Gasteiger partial charge in [-0.05, 0) is 26.2 Å². The predicted octanol–water partition coefficient (Wildman–Crippen LogP) is 2.87. The minimum absolute atomic E-state index is 0.0445. The van der Waals surface area contributed by atoms with Gasteiger partial charge in [0.25, 0.3) is 0 Å². The molecule has 1 heterocycles. The van der Waals surface area contributed by atoms with Crippen LogP contribution >= 0.6 is 0 Å². The van der Waals surface area contributed by atoms with Crippen LogP contribution in [0, 0.1) is 0 Å². The summed E-state index contributed by atoms with van der Waals surface area (Å²) in [6.07, 6.45) is 3.12. The van der Waals surface area contributed by atoms with Gasteiger partial charge in [0.05, 0.1) is 0 Å². The smallest absolute Gasteiger partial charge is 0.223 e. The van der Waals surface area contributed by atoms with Crippen molar-refractivity contribution in [2.24, 2.45) is 0 Å². The van der Waals surface area contributed by atoms with E-state index in [4.69, 9.17) is 5.73 Å². The normalized spacial score (nSPS) is 11.3. The van der Waals surface area contributed by atoms with E-state index in [1.165, 1.54) is 0 Å². The summed E-state index contributed by atoms with van der Waals surface area (Å²) in [5.41, 5.74) is 5.78. The van der Waals surface area contributed by atoms with Crippen LogP contribution in [0.1, 0.15) is 47.0 Å². The van der Waals surface area contributed by atoms with Crippen LogP contribution in [0.3, 0.4) is 0 Å². The van der Waals surface area contributed by atoms with E-state index in [1.807, 2.05) is 6.07 Å². The fourth-order valence-electron chi connectivity index (χ4n) is 1.61. The molecule has 1 aromatic rings. The third-order valence-electron chi connectivity index (χ3n) is 3.29. The van der Waals surface area contributed by atoms with E-state index in [2.05, 4.69) is 48.3 Å². The first-order chi connectivity index (χ1) is 8.53. The van der Waals surface area contributed by atoms with Crippen molar-refractivity contribution in [2.45, 2.75) is 52.5 Å². The second kappa shape index (κ2) is 6.42. The summed E-state index contributed by atoms with van der Waals surface area (Å²) >= 11 is 0. The highest BCUT2D eigenvalue weighted by molar-refractivity contribution is 5.52. The average molecular weight is 251 g/mol. The zero-order chi connectivity index (χ0) is 13.6. The first kappa shape index (κ1) is 14.5. The second-order valence-corrected chi connectivity index (χ2v) is 4.82. The molecule has 0 aliphatic rings. The Labute approximate surface area is 110 Å². The Morgan fingerprint density at radius 1 is 1.17 bits per heavy atom. The minimum Gasteiger partial charge on any atom is -0.370 e. The van der Waals surface area contributed by atoms with Crippen molar-refractivity contribution in [3.05, 3.63) is 6.07 Å². The lowest BCUT2D eigenvalue weighted by Crippen LogP contribution is -2.33. The van der Waals surface area contributed by atoms with E-state index in [-0.39, 0.29) is 5.54 Å². The molecule has 102 valence electrons. The molecule has 0 saturated heterocycles. The molecule has 0 radical (unpaired) electrons. The van der Waals surface area contributed by atoms with E-state index < -0.39 is 0 Å². The Bertz CT molecular complexity index is 374. The summed E-state index contributed by atoms with van der Waals surface area (Å²) in [5.74, 6) is 1.86. The zero-order valence-corrected chi connectivity index (χ0v) is 11.9. The van der Waals surface area contributed by atoms with E-state index in [0.717, 1.165) is 37.4 Å². The standard InChI is InChI=1S/C13H25N5/c1-5-8-15-10-9-11(17-12(14)16-10)18-13(4,6-2)7-3/h9H,5-8H2,1-4H3,(H4,14,15,16,17,18). The van der Waals surface area contributed by atoms with Gasteiger partial charge in [-0.1, -0.05) is 20.8 Å². The topological polar surface area (TPSA) is 75.9 Å². The van der Waals surface area contributed by atoms with Gasteiger partial charge >= 0.3 is 0 Å². The molecular weight excluding hydrogens is 226 g/mol. The summed E-state index contributed by atoms with van der Waals surface area (Å²) in [6.45, 7) is 9.51. The van der Waals surface area contributed by atoms with Crippen molar-refractivity contribution in [3.63, 3.8) is 0 Å². The molecule has 0 aliphatic carbocycles. The van der Waals surface area contributed by atoms with Crippen molar-refractivity contribution in [1.29, 1.82) is 0 Å². The number of anilines is 3. The van der Waals surface area contributed by atoms with E-state index in [1.54, 1.807) is 0 Å². The van der Waals surface area contributed by atoms with Crippen molar-refractivity contribution in [1.82, 2.24) is 9.97 Å². The monoisotopic (exact) mass is 251 g/mol. The van der Waals surface area contributed by atoms with Crippen LogP contribution in [0.2, 0.25) is 0 Å². The van der Waals surface area contributed by atoms with Gasteiger partial charge in [0.1, 0.15) is 11.6 Å². The summed E-state index contributed by atoms with van der Waals surface area (Å²) in [5, 5.41) is 6.67. The number of nitrogen functional groups attached to an aromatic ring is 1. The maximum absolute atomic E-state index is 5.73. The summed E-state index contributed by atoms with van der Waals surface area (Å²) in [4.78, 5) is 8.41. The van der Waals surface area contributed by atoms with E-state index >= 15 is 0 Å². The molecule has 1 rings (SSSR count). The molecule has 0 unspecified atom stereocenters. The van der Waals surface area contributed by atoms with Crippen LogP contribution in [0.4, 0.5) is 17.6 Å². The molecule has 0 spiro atoms. The van der Waals surface area contributed by atoms with Crippen LogP contribution in [-0.2, 0) is 0 Å². The van der Waals surface area contributed by atoms with Crippen LogP contribution in [-0.4, -0.2) is 22.1 Å². The summed E-state index contributed by atoms with van der Waals surface area (Å²) < 4.78 is 0. The van der Waals surface area contributed by atoms with Crippen molar-refractivity contribution in [3.8, 4) is 0 Å². The lowest BCUT2D eigenvalue weighted by Gasteiger charge is -2.29. The van der Waals surface area contributed by atoms with Gasteiger partial charge in [-0.3, -0.25) is 0 Å². The quantitative estimate of drug-likeness (QED) is 0.694. The Hall–Kier alpha value is -1.52. The third-order valence-corrected chi connectivity index (χ3v) is 3.29. The molecule has 0 saturated carbocycles. The molecule has 0 bridgehead atoms. The highest BCUT2D eigenvalue weighted by Crippen LogP contribution is 2.22. The fraction of sp³-hybridized carbons (Fsp3) is 0.692. The van der Waals surface area contributed by atoms with Crippen LogP contribution < -0.4 is 16.4 Å². The third kappa shape index (κ3) is 4.05. The Morgan fingerprint density at radius 2 is 1.78 bits per heavy atom. The molecule has 0 aliphatic heterocycles. The molecule has 5 heteroatoms. The number of nitrogens with zero attached hydrogens (tertiary/aromatic N) is 2. The molecule has 4 N–H and O–H groups in total. The minimum atomic E-state index is 0.0445. The largest absolute Gasteiger partial charge is 0.370 e. The lowest BCUT2D eigenvalue weighted by atomic mass is 9.96. The van der Waals surface area contributed by atoms with Gasteiger partial charge in [-0.25, -0.2) is 0 Å². The maximum atomic E-state index is 5.73. The van der Waals surface area contributed by atoms with Crippen molar-refractivity contribution < 1.29 is 0 Å². The highest BCUT2D eigenvalue weighted by atomic mass is 15.1. The summed E-state index contributed by atoms with van der Waals surface area (Å²) in [7, 11) is 0. The number of nitrogens with two attached hydrogens (primary N) is 1. The summed E-state index contributed by atoms with van der Waals surface area (Å²) in [6, 6.07) is 1.91. The number of aromatic nitrogens is 2. The fourth-order valence-corrected chi connectivity index (χ4v) is 1.61. The second-order valence-electron chi connectivity index (χ2n) is 4.82. The number of hydrogen-bond donors (Lipinski definition) is 3. The maximum Gasteiger partial charge on any atom is 0.223 e. The molecule has 1 aromatic heterocycles. The highest BCUT2D eigenvalue weighted by Gasteiger charge is 2.20. The van der Waals surface area contributed by atoms with Gasteiger partial charge in [0.2, 0.25) is 5.95 Å². The molecule has 0 aromatic carbocycles. The Kier molecular flexibility index (Phi) is 5.19. The number of hydrogen-bond acceptors (Lipinski definition) is 5.